The minimum Gasteiger partial charge on any atom is -0.474 e. The number of anilines is 2. The number of nitrogens with zero attached hydrogens (tertiary/aromatic N) is 3. The molecule has 1 aliphatic rings. The maximum atomic E-state index is 12.8. The van der Waals surface area contributed by atoms with Gasteiger partial charge < -0.3 is 25.0 Å². The minimum absolute atomic E-state index is 0.00287. The van der Waals surface area contributed by atoms with Crippen LogP contribution in [0.25, 0.3) is 0 Å². The standard InChI is InChI=1S/C21H24ClN5O4/c1-3-18(28)24-15-6-4-14(5-7-15)20(29)27-9-8-16(13-27)25-21-23-12-17(22)19(26-21)31-11-10-30-2/h3-7,12,16H,1,8-11,13H2,2H3,(H,24,28)(H,23,25,26)/t16-/m0/s1. The fourth-order valence-corrected chi connectivity index (χ4v) is 3.21. The molecule has 0 aliphatic carbocycles. The number of methoxy groups -OCH3 is 1. The summed E-state index contributed by atoms with van der Waals surface area (Å²) in [5.74, 6) is 0.292. The first-order chi connectivity index (χ1) is 15.0. The molecule has 3 rings (SSSR count). The number of ether oxygens (including phenoxy) is 2. The van der Waals surface area contributed by atoms with E-state index < -0.39 is 0 Å². The third-order valence-electron chi connectivity index (χ3n) is 4.63. The van der Waals surface area contributed by atoms with Gasteiger partial charge in [0.2, 0.25) is 17.7 Å². The molecule has 0 spiro atoms. The van der Waals surface area contributed by atoms with E-state index in [-0.39, 0.29) is 23.7 Å². The van der Waals surface area contributed by atoms with Crippen molar-refractivity contribution in [3.05, 3.63) is 53.7 Å². The number of carbonyl (C=O) groups is 2. The van der Waals surface area contributed by atoms with Gasteiger partial charge in [-0.05, 0) is 36.8 Å². The van der Waals surface area contributed by atoms with E-state index >= 15 is 0 Å². The first kappa shape index (κ1) is 22.5. The van der Waals surface area contributed by atoms with Crippen molar-refractivity contribution < 1.29 is 19.1 Å². The largest absolute Gasteiger partial charge is 0.474 e. The topological polar surface area (TPSA) is 106 Å². The lowest BCUT2D eigenvalue weighted by Crippen LogP contribution is -2.31. The van der Waals surface area contributed by atoms with E-state index in [1.54, 1.807) is 36.3 Å². The van der Waals surface area contributed by atoms with Crippen LogP contribution < -0.4 is 15.4 Å². The highest BCUT2D eigenvalue weighted by Crippen LogP contribution is 2.23. The van der Waals surface area contributed by atoms with E-state index in [0.717, 1.165) is 6.42 Å². The second kappa shape index (κ2) is 10.7. The molecule has 2 amide bonds. The molecule has 2 N–H and O–H groups in total. The molecule has 1 aliphatic heterocycles. The summed E-state index contributed by atoms with van der Waals surface area (Å²) < 4.78 is 10.4. The molecule has 164 valence electrons. The van der Waals surface area contributed by atoms with E-state index in [4.69, 9.17) is 21.1 Å². The number of rotatable bonds is 9. The van der Waals surface area contributed by atoms with Gasteiger partial charge in [0, 0.05) is 37.5 Å². The molecule has 31 heavy (non-hydrogen) atoms. The second-order valence-corrected chi connectivity index (χ2v) is 7.25. The van der Waals surface area contributed by atoms with Crippen LogP contribution in [0.2, 0.25) is 5.02 Å². The van der Waals surface area contributed by atoms with Gasteiger partial charge in [-0.25, -0.2) is 4.98 Å². The molecule has 1 fully saturated rings. The molecule has 0 saturated carbocycles. The average molecular weight is 446 g/mol. The zero-order valence-electron chi connectivity index (χ0n) is 17.1. The van der Waals surface area contributed by atoms with Crippen LogP contribution in [0.1, 0.15) is 16.8 Å². The smallest absolute Gasteiger partial charge is 0.253 e. The van der Waals surface area contributed by atoms with E-state index in [1.807, 2.05) is 0 Å². The number of aromatic nitrogens is 2. The van der Waals surface area contributed by atoms with E-state index in [1.165, 1.54) is 12.3 Å². The van der Waals surface area contributed by atoms with Gasteiger partial charge in [-0.1, -0.05) is 18.2 Å². The van der Waals surface area contributed by atoms with Gasteiger partial charge in [0.15, 0.2) is 0 Å². The summed E-state index contributed by atoms with van der Waals surface area (Å²) in [6.45, 7) is 5.28. The van der Waals surface area contributed by atoms with Gasteiger partial charge in [0.25, 0.3) is 5.91 Å². The van der Waals surface area contributed by atoms with Crippen molar-refractivity contribution in [1.82, 2.24) is 14.9 Å². The lowest BCUT2D eigenvalue weighted by molar-refractivity contribution is -0.111. The fourth-order valence-electron chi connectivity index (χ4n) is 3.06. The predicted octanol–water partition coefficient (Wildman–Crippen LogP) is 2.61. The monoisotopic (exact) mass is 445 g/mol. The van der Waals surface area contributed by atoms with Crippen LogP contribution in [0.4, 0.5) is 11.6 Å². The highest BCUT2D eigenvalue weighted by atomic mass is 35.5. The number of halogens is 1. The maximum Gasteiger partial charge on any atom is 0.253 e. The average Bonchev–Trinajstić information content (AvgIpc) is 3.24. The van der Waals surface area contributed by atoms with Crippen molar-refractivity contribution in [2.24, 2.45) is 0 Å². The highest BCUT2D eigenvalue weighted by Gasteiger charge is 2.27. The van der Waals surface area contributed by atoms with E-state index in [0.29, 0.717) is 48.5 Å². The Hall–Kier alpha value is -3.17. The fraction of sp³-hybridized carbons (Fsp3) is 0.333. The van der Waals surface area contributed by atoms with Crippen molar-refractivity contribution in [3.8, 4) is 5.88 Å². The van der Waals surface area contributed by atoms with Crippen molar-refractivity contribution in [3.63, 3.8) is 0 Å². The Bertz CT molecular complexity index is 938. The van der Waals surface area contributed by atoms with Crippen molar-refractivity contribution >= 4 is 35.1 Å². The molecule has 2 aromatic rings. The summed E-state index contributed by atoms with van der Waals surface area (Å²) in [4.78, 5) is 34.4. The molecule has 1 atom stereocenters. The number of carbonyl (C=O) groups excluding carboxylic acids is 2. The maximum absolute atomic E-state index is 12.8. The van der Waals surface area contributed by atoms with Crippen LogP contribution in [0.5, 0.6) is 5.88 Å². The zero-order valence-corrected chi connectivity index (χ0v) is 17.9. The number of benzene rings is 1. The molecule has 1 saturated heterocycles. The number of hydrogen-bond donors (Lipinski definition) is 2. The summed E-state index contributed by atoms with van der Waals surface area (Å²) in [5.41, 5.74) is 1.15. The van der Waals surface area contributed by atoms with Gasteiger partial charge in [-0.3, -0.25) is 9.59 Å². The number of likely N-dealkylation sites (tertiary alicyclic amines) is 1. The van der Waals surface area contributed by atoms with Gasteiger partial charge in [-0.2, -0.15) is 4.98 Å². The second-order valence-electron chi connectivity index (χ2n) is 6.84. The normalized spacial score (nSPS) is 15.4. The van der Waals surface area contributed by atoms with Crippen LogP contribution in [-0.2, 0) is 9.53 Å². The molecular formula is C21H24ClN5O4. The Kier molecular flexibility index (Phi) is 7.80. The van der Waals surface area contributed by atoms with Crippen LogP contribution >= 0.6 is 11.6 Å². The van der Waals surface area contributed by atoms with Gasteiger partial charge in [0.05, 0.1) is 12.8 Å². The van der Waals surface area contributed by atoms with Gasteiger partial charge in [-0.15, -0.1) is 0 Å². The lowest BCUT2D eigenvalue weighted by Gasteiger charge is -2.18. The Morgan fingerprint density at radius 3 is 2.81 bits per heavy atom. The van der Waals surface area contributed by atoms with Crippen LogP contribution in [0.3, 0.4) is 0 Å². The van der Waals surface area contributed by atoms with E-state index in [2.05, 4.69) is 27.2 Å². The Labute approximate surface area is 185 Å². The van der Waals surface area contributed by atoms with Gasteiger partial charge in [0.1, 0.15) is 11.6 Å². The summed E-state index contributed by atoms with van der Waals surface area (Å²) in [6.07, 6.45) is 3.42. The molecule has 1 aromatic carbocycles. The Balaban J connectivity index is 1.56. The molecule has 2 heterocycles. The first-order valence-electron chi connectivity index (χ1n) is 9.73. The summed E-state index contributed by atoms with van der Waals surface area (Å²) in [7, 11) is 1.58. The van der Waals surface area contributed by atoms with Crippen molar-refractivity contribution in [1.29, 1.82) is 0 Å². The Morgan fingerprint density at radius 1 is 1.32 bits per heavy atom. The molecule has 9 nitrogen and oxygen atoms in total. The third-order valence-corrected chi connectivity index (χ3v) is 4.89. The number of amides is 2. The molecule has 1 aromatic heterocycles. The summed E-state index contributed by atoms with van der Waals surface area (Å²) in [6, 6.07) is 6.75. The molecule has 10 heteroatoms. The van der Waals surface area contributed by atoms with Crippen LogP contribution in [0.15, 0.2) is 43.1 Å². The van der Waals surface area contributed by atoms with Gasteiger partial charge >= 0.3 is 0 Å². The summed E-state index contributed by atoms with van der Waals surface area (Å²) in [5, 5.41) is 6.20. The summed E-state index contributed by atoms with van der Waals surface area (Å²) >= 11 is 6.07. The minimum atomic E-state index is -0.302. The number of hydrogen-bond acceptors (Lipinski definition) is 7. The number of nitrogens with one attached hydrogen (secondary N) is 2. The zero-order chi connectivity index (χ0) is 22.2. The lowest BCUT2D eigenvalue weighted by atomic mass is 10.2. The van der Waals surface area contributed by atoms with E-state index in [9.17, 15) is 9.59 Å². The molecule has 0 bridgehead atoms. The SMILES string of the molecule is C=CC(=O)Nc1ccc(C(=O)N2CC[C@H](Nc3ncc(Cl)c(OCCOC)n3)C2)cc1. The van der Waals surface area contributed by atoms with Crippen molar-refractivity contribution in [2.45, 2.75) is 12.5 Å². The highest BCUT2D eigenvalue weighted by molar-refractivity contribution is 6.31. The molecular weight excluding hydrogens is 422 g/mol. The predicted molar refractivity (Wildman–Crippen MR) is 118 cm³/mol. The van der Waals surface area contributed by atoms with Crippen LogP contribution in [-0.4, -0.2) is 66.1 Å². The molecule has 0 radical (unpaired) electrons. The first-order valence-corrected chi connectivity index (χ1v) is 10.1. The third kappa shape index (κ3) is 6.16. The molecule has 0 unspecified atom stereocenters. The van der Waals surface area contributed by atoms with Crippen LogP contribution in [0, 0.1) is 0 Å². The Morgan fingerprint density at radius 2 is 2.10 bits per heavy atom. The quantitative estimate of drug-likeness (QED) is 0.451. The van der Waals surface area contributed by atoms with Crippen molar-refractivity contribution in [2.75, 3.05) is 44.0 Å².